The van der Waals surface area contributed by atoms with Crippen LogP contribution in [-0.4, -0.2) is 38.8 Å². The molecule has 0 radical (unpaired) electrons. The number of ether oxygens (including phenoxy) is 1. The first-order chi connectivity index (χ1) is 10.1. The molecule has 114 valence electrons. The fourth-order valence-corrected chi connectivity index (χ4v) is 2.31. The predicted molar refractivity (Wildman–Crippen MR) is 89.3 cm³/mol. The Hall–Kier alpha value is -1.81. The highest BCUT2D eigenvalue weighted by molar-refractivity contribution is 5.92. The van der Waals surface area contributed by atoms with Crippen molar-refractivity contribution in [2.24, 2.45) is 5.92 Å². The van der Waals surface area contributed by atoms with Crippen LogP contribution in [0.5, 0.6) is 5.75 Å². The molecule has 0 amide bonds. The van der Waals surface area contributed by atoms with E-state index < -0.39 is 0 Å². The molecule has 0 atom stereocenters. The van der Waals surface area contributed by atoms with Crippen molar-refractivity contribution in [2.45, 2.75) is 13.8 Å². The van der Waals surface area contributed by atoms with Crippen molar-refractivity contribution in [1.82, 2.24) is 10.3 Å². The van der Waals surface area contributed by atoms with Crippen molar-refractivity contribution in [3.63, 3.8) is 0 Å². The zero-order valence-corrected chi connectivity index (χ0v) is 13.4. The molecule has 1 aromatic carbocycles. The summed E-state index contributed by atoms with van der Waals surface area (Å²) in [7, 11) is 3.78. The minimum atomic E-state index is 0.679. The zero-order valence-electron chi connectivity index (χ0n) is 13.4. The maximum atomic E-state index is 5.28. The molecule has 0 bridgehead atoms. The minimum absolute atomic E-state index is 0.679. The zero-order chi connectivity index (χ0) is 15.2. The van der Waals surface area contributed by atoms with Gasteiger partial charge in [0, 0.05) is 31.7 Å². The van der Waals surface area contributed by atoms with Crippen LogP contribution in [0.25, 0.3) is 10.8 Å². The number of benzene rings is 1. The van der Waals surface area contributed by atoms with E-state index in [0.29, 0.717) is 5.92 Å². The largest absolute Gasteiger partial charge is 0.497 e. The number of likely N-dealkylation sites (N-methyl/N-ethyl adjacent to an activating group) is 1. The smallest absolute Gasteiger partial charge is 0.136 e. The SMILES string of the molecule is COc1ccc2c(N(C)CCNCC(C)C)nccc2c1. The van der Waals surface area contributed by atoms with Gasteiger partial charge in [-0.2, -0.15) is 0 Å². The van der Waals surface area contributed by atoms with Gasteiger partial charge in [0.1, 0.15) is 11.6 Å². The molecule has 0 saturated heterocycles. The monoisotopic (exact) mass is 287 g/mol. The molecule has 1 N–H and O–H groups in total. The van der Waals surface area contributed by atoms with Crippen LogP contribution < -0.4 is 15.0 Å². The third-order valence-corrected chi connectivity index (χ3v) is 3.49. The molecular weight excluding hydrogens is 262 g/mol. The Labute approximate surface area is 127 Å². The lowest BCUT2D eigenvalue weighted by molar-refractivity contribution is 0.415. The number of pyridine rings is 1. The molecule has 4 nitrogen and oxygen atoms in total. The van der Waals surface area contributed by atoms with E-state index in [1.54, 1.807) is 7.11 Å². The molecule has 1 aromatic heterocycles. The van der Waals surface area contributed by atoms with Crippen molar-refractivity contribution in [1.29, 1.82) is 0 Å². The van der Waals surface area contributed by atoms with Gasteiger partial charge in [0.25, 0.3) is 0 Å². The van der Waals surface area contributed by atoms with Crippen molar-refractivity contribution in [2.75, 3.05) is 38.7 Å². The summed E-state index contributed by atoms with van der Waals surface area (Å²) in [5, 5.41) is 5.77. The summed E-state index contributed by atoms with van der Waals surface area (Å²) in [6.45, 7) is 7.38. The molecule has 21 heavy (non-hydrogen) atoms. The van der Waals surface area contributed by atoms with Gasteiger partial charge in [0.2, 0.25) is 0 Å². The Morgan fingerprint density at radius 3 is 2.81 bits per heavy atom. The first kappa shape index (κ1) is 15.6. The Morgan fingerprint density at radius 2 is 2.10 bits per heavy atom. The van der Waals surface area contributed by atoms with Crippen LogP contribution in [-0.2, 0) is 0 Å². The number of anilines is 1. The van der Waals surface area contributed by atoms with Gasteiger partial charge in [-0.15, -0.1) is 0 Å². The third kappa shape index (κ3) is 4.08. The first-order valence-corrected chi connectivity index (χ1v) is 7.46. The van der Waals surface area contributed by atoms with Crippen molar-refractivity contribution in [3.05, 3.63) is 30.5 Å². The summed E-state index contributed by atoms with van der Waals surface area (Å²) in [4.78, 5) is 6.73. The standard InChI is InChI=1S/C17H25N3O/c1-13(2)12-18-9-10-20(3)17-16-6-5-15(21-4)11-14(16)7-8-19-17/h5-8,11,13,18H,9-10,12H2,1-4H3. The average Bonchev–Trinajstić information content (AvgIpc) is 2.49. The lowest BCUT2D eigenvalue weighted by Crippen LogP contribution is -2.31. The van der Waals surface area contributed by atoms with Crippen LogP contribution in [0.4, 0.5) is 5.82 Å². The second-order valence-electron chi connectivity index (χ2n) is 5.74. The van der Waals surface area contributed by atoms with E-state index in [1.165, 1.54) is 0 Å². The second-order valence-corrected chi connectivity index (χ2v) is 5.74. The molecule has 0 saturated carbocycles. The van der Waals surface area contributed by atoms with E-state index >= 15 is 0 Å². The molecule has 4 heteroatoms. The summed E-state index contributed by atoms with van der Waals surface area (Å²) < 4.78 is 5.28. The maximum Gasteiger partial charge on any atom is 0.136 e. The summed E-state index contributed by atoms with van der Waals surface area (Å²) in [5.41, 5.74) is 0. The summed E-state index contributed by atoms with van der Waals surface area (Å²) in [6, 6.07) is 8.13. The molecule has 1 heterocycles. The number of hydrogen-bond donors (Lipinski definition) is 1. The van der Waals surface area contributed by atoms with Crippen molar-refractivity contribution >= 4 is 16.6 Å². The van der Waals surface area contributed by atoms with Crippen LogP contribution in [0.2, 0.25) is 0 Å². The predicted octanol–water partition coefficient (Wildman–Crippen LogP) is 2.93. The van der Waals surface area contributed by atoms with E-state index in [2.05, 4.69) is 42.2 Å². The fraction of sp³-hybridized carbons (Fsp3) is 0.471. The summed E-state index contributed by atoms with van der Waals surface area (Å²) >= 11 is 0. The van der Waals surface area contributed by atoms with Crippen LogP contribution >= 0.6 is 0 Å². The topological polar surface area (TPSA) is 37.4 Å². The Morgan fingerprint density at radius 1 is 1.29 bits per heavy atom. The average molecular weight is 287 g/mol. The van der Waals surface area contributed by atoms with E-state index in [4.69, 9.17) is 4.74 Å². The highest BCUT2D eigenvalue weighted by Gasteiger charge is 2.08. The molecule has 2 aromatic rings. The van der Waals surface area contributed by atoms with Gasteiger partial charge in [0.05, 0.1) is 7.11 Å². The number of hydrogen-bond acceptors (Lipinski definition) is 4. The molecular formula is C17H25N3O. The lowest BCUT2D eigenvalue weighted by Gasteiger charge is -2.20. The number of nitrogens with one attached hydrogen (secondary N) is 1. The number of fused-ring (bicyclic) bond motifs is 1. The molecule has 0 unspecified atom stereocenters. The lowest BCUT2D eigenvalue weighted by atomic mass is 10.1. The van der Waals surface area contributed by atoms with Crippen LogP contribution in [0.15, 0.2) is 30.5 Å². The van der Waals surface area contributed by atoms with Crippen molar-refractivity contribution in [3.8, 4) is 5.75 Å². The van der Waals surface area contributed by atoms with Gasteiger partial charge >= 0.3 is 0 Å². The summed E-state index contributed by atoms with van der Waals surface area (Å²) in [6.07, 6.45) is 1.86. The molecule has 0 fully saturated rings. The fourth-order valence-electron chi connectivity index (χ4n) is 2.31. The molecule has 0 spiro atoms. The van der Waals surface area contributed by atoms with E-state index in [1.807, 2.05) is 24.4 Å². The van der Waals surface area contributed by atoms with Gasteiger partial charge < -0.3 is 15.0 Å². The van der Waals surface area contributed by atoms with E-state index in [0.717, 1.165) is 42.0 Å². The van der Waals surface area contributed by atoms with Crippen LogP contribution in [0.1, 0.15) is 13.8 Å². The highest BCUT2D eigenvalue weighted by atomic mass is 16.5. The van der Waals surface area contributed by atoms with Gasteiger partial charge in [-0.3, -0.25) is 0 Å². The Bertz CT molecular complexity index is 583. The number of rotatable bonds is 7. The number of methoxy groups -OCH3 is 1. The first-order valence-electron chi connectivity index (χ1n) is 7.46. The second kappa shape index (κ2) is 7.27. The Kier molecular flexibility index (Phi) is 5.39. The molecule has 0 aliphatic carbocycles. The van der Waals surface area contributed by atoms with Gasteiger partial charge in [-0.25, -0.2) is 4.98 Å². The van der Waals surface area contributed by atoms with Gasteiger partial charge in [0.15, 0.2) is 0 Å². The number of nitrogens with zero attached hydrogens (tertiary/aromatic N) is 2. The minimum Gasteiger partial charge on any atom is -0.497 e. The van der Waals surface area contributed by atoms with Crippen LogP contribution in [0, 0.1) is 5.92 Å². The Balaban J connectivity index is 2.10. The van der Waals surface area contributed by atoms with E-state index in [9.17, 15) is 0 Å². The molecule has 2 rings (SSSR count). The van der Waals surface area contributed by atoms with Crippen LogP contribution in [0.3, 0.4) is 0 Å². The van der Waals surface area contributed by atoms with Gasteiger partial charge in [-0.05, 0) is 42.1 Å². The van der Waals surface area contributed by atoms with E-state index in [-0.39, 0.29) is 0 Å². The number of aromatic nitrogens is 1. The van der Waals surface area contributed by atoms with Crippen molar-refractivity contribution < 1.29 is 4.74 Å². The van der Waals surface area contributed by atoms with Gasteiger partial charge in [-0.1, -0.05) is 13.8 Å². The maximum absolute atomic E-state index is 5.28. The quantitative estimate of drug-likeness (QED) is 0.795. The normalized spacial score (nSPS) is 11.1. The molecule has 0 aliphatic heterocycles. The molecule has 0 aliphatic rings. The summed E-state index contributed by atoms with van der Waals surface area (Å²) in [5.74, 6) is 2.57. The third-order valence-electron chi connectivity index (χ3n) is 3.49. The highest BCUT2D eigenvalue weighted by Crippen LogP contribution is 2.26.